The van der Waals surface area contributed by atoms with E-state index in [-0.39, 0.29) is 5.78 Å². The second-order valence-electron chi connectivity index (χ2n) is 4.03. The molecule has 1 aromatic heterocycles. The molecule has 5 heteroatoms. The second-order valence-corrected chi connectivity index (χ2v) is 4.98. The number of thiophene rings is 1. The van der Waals surface area contributed by atoms with Crippen LogP contribution in [0.15, 0.2) is 17.5 Å². The van der Waals surface area contributed by atoms with Crippen molar-refractivity contribution >= 4 is 17.1 Å². The van der Waals surface area contributed by atoms with E-state index in [9.17, 15) is 4.79 Å². The van der Waals surface area contributed by atoms with Gasteiger partial charge in [-0.15, -0.1) is 11.3 Å². The normalized spacial score (nSPS) is 17.2. The SMILES string of the molecule is O=C(CNCCN1CCOCC1)c1cccs1. The molecular weight excluding hydrogens is 236 g/mol. The summed E-state index contributed by atoms with van der Waals surface area (Å²) in [6.45, 7) is 5.94. The Morgan fingerprint density at radius 2 is 2.29 bits per heavy atom. The van der Waals surface area contributed by atoms with E-state index in [1.165, 1.54) is 11.3 Å². The first-order valence-electron chi connectivity index (χ1n) is 5.94. The van der Waals surface area contributed by atoms with Crippen LogP contribution in [0.2, 0.25) is 0 Å². The lowest BCUT2D eigenvalue weighted by atomic mass is 10.3. The minimum atomic E-state index is 0.182. The summed E-state index contributed by atoms with van der Waals surface area (Å²) in [4.78, 5) is 14.9. The third-order valence-electron chi connectivity index (χ3n) is 2.79. The van der Waals surface area contributed by atoms with Crippen molar-refractivity contribution in [2.24, 2.45) is 0 Å². The molecule has 1 saturated heterocycles. The molecule has 2 heterocycles. The van der Waals surface area contributed by atoms with Gasteiger partial charge in [0.25, 0.3) is 0 Å². The Labute approximate surface area is 106 Å². The Morgan fingerprint density at radius 3 is 3.00 bits per heavy atom. The summed E-state index contributed by atoms with van der Waals surface area (Å²) < 4.78 is 5.28. The van der Waals surface area contributed by atoms with Crippen LogP contribution in [0.3, 0.4) is 0 Å². The fourth-order valence-corrected chi connectivity index (χ4v) is 2.45. The number of hydrogen-bond donors (Lipinski definition) is 1. The number of Topliss-reactive ketones (excluding diaryl/α,β-unsaturated/α-hetero) is 1. The Kier molecular flexibility index (Phi) is 5.12. The Balaban J connectivity index is 1.58. The minimum Gasteiger partial charge on any atom is -0.379 e. The molecule has 1 aliphatic heterocycles. The van der Waals surface area contributed by atoms with Gasteiger partial charge in [0.05, 0.1) is 24.6 Å². The molecule has 0 unspecified atom stereocenters. The van der Waals surface area contributed by atoms with Gasteiger partial charge < -0.3 is 10.1 Å². The summed E-state index contributed by atoms with van der Waals surface area (Å²) in [5.41, 5.74) is 0. The zero-order chi connectivity index (χ0) is 11.9. The van der Waals surface area contributed by atoms with Crippen LogP contribution in [0, 0.1) is 0 Å². The molecular formula is C12H18N2O2S. The van der Waals surface area contributed by atoms with Gasteiger partial charge in [-0.3, -0.25) is 9.69 Å². The molecule has 2 rings (SSSR count). The zero-order valence-electron chi connectivity index (χ0n) is 9.85. The van der Waals surface area contributed by atoms with Gasteiger partial charge in [-0.1, -0.05) is 6.07 Å². The topological polar surface area (TPSA) is 41.6 Å². The molecule has 0 radical (unpaired) electrons. The van der Waals surface area contributed by atoms with Gasteiger partial charge in [-0.05, 0) is 11.4 Å². The van der Waals surface area contributed by atoms with E-state index >= 15 is 0 Å². The van der Waals surface area contributed by atoms with E-state index in [1.807, 2.05) is 17.5 Å². The third-order valence-corrected chi connectivity index (χ3v) is 3.70. The molecule has 4 nitrogen and oxygen atoms in total. The van der Waals surface area contributed by atoms with Crippen molar-refractivity contribution in [1.29, 1.82) is 0 Å². The third kappa shape index (κ3) is 4.20. The van der Waals surface area contributed by atoms with Crippen LogP contribution in [0.1, 0.15) is 9.67 Å². The average Bonchev–Trinajstić information content (AvgIpc) is 2.89. The maximum absolute atomic E-state index is 11.7. The highest BCUT2D eigenvalue weighted by molar-refractivity contribution is 7.12. The fourth-order valence-electron chi connectivity index (χ4n) is 1.79. The molecule has 1 aromatic rings. The molecule has 0 spiro atoms. The predicted molar refractivity (Wildman–Crippen MR) is 68.8 cm³/mol. The molecule has 1 N–H and O–H groups in total. The zero-order valence-corrected chi connectivity index (χ0v) is 10.7. The number of hydrogen-bond acceptors (Lipinski definition) is 5. The Hall–Kier alpha value is -0.750. The van der Waals surface area contributed by atoms with Gasteiger partial charge in [0.15, 0.2) is 5.78 Å². The molecule has 0 atom stereocenters. The van der Waals surface area contributed by atoms with Crippen LogP contribution in [0.4, 0.5) is 0 Å². The molecule has 1 aliphatic rings. The van der Waals surface area contributed by atoms with Crippen LogP contribution in [0.5, 0.6) is 0 Å². The molecule has 1 fully saturated rings. The molecule has 0 amide bonds. The maximum Gasteiger partial charge on any atom is 0.186 e. The van der Waals surface area contributed by atoms with Crippen molar-refractivity contribution in [3.8, 4) is 0 Å². The van der Waals surface area contributed by atoms with E-state index in [0.717, 1.165) is 44.3 Å². The Morgan fingerprint density at radius 1 is 1.47 bits per heavy atom. The van der Waals surface area contributed by atoms with Crippen molar-refractivity contribution in [1.82, 2.24) is 10.2 Å². The number of nitrogens with zero attached hydrogens (tertiary/aromatic N) is 1. The number of nitrogens with one attached hydrogen (secondary N) is 1. The summed E-state index contributed by atoms with van der Waals surface area (Å²) in [6.07, 6.45) is 0. The van der Waals surface area contributed by atoms with Crippen molar-refractivity contribution in [2.75, 3.05) is 45.9 Å². The predicted octanol–water partition coefficient (Wildman–Crippen LogP) is 0.853. The minimum absolute atomic E-state index is 0.182. The number of rotatable bonds is 6. The van der Waals surface area contributed by atoms with Gasteiger partial charge in [-0.2, -0.15) is 0 Å². The van der Waals surface area contributed by atoms with Crippen molar-refractivity contribution in [3.05, 3.63) is 22.4 Å². The number of morpholine rings is 1. The molecule has 0 aliphatic carbocycles. The van der Waals surface area contributed by atoms with Crippen LogP contribution in [-0.4, -0.2) is 56.6 Å². The summed E-state index contributed by atoms with van der Waals surface area (Å²) in [5, 5.41) is 5.13. The molecule has 94 valence electrons. The second kappa shape index (κ2) is 6.86. The van der Waals surface area contributed by atoms with Gasteiger partial charge >= 0.3 is 0 Å². The van der Waals surface area contributed by atoms with Crippen molar-refractivity contribution < 1.29 is 9.53 Å². The van der Waals surface area contributed by atoms with Crippen LogP contribution >= 0.6 is 11.3 Å². The van der Waals surface area contributed by atoms with E-state index in [2.05, 4.69) is 10.2 Å². The summed E-state index contributed by atoms with van der Waals surface area (Å²) in [6, 6.07) is 3.78. The highest BCUT2D eigenvalue weighted by Crippen LogP contribution is 2.08. The quantitative estimate of drug-likeness (QED) is 0.604. The summed E-state index contributed by atoms with van der Waals surface area (Å²) in [7, 11) is 0. The lowest BCUT2D eigenvalue weighted by Crippen LogP contribution is -2.41. The number of ether oxygens (including phenoxy) is 1. The van der Waals surface area contributed by atoms with Gasteiger partial charge in [0.2, 0.25) is 0 Å². The van der Waals surface area contributed by atoms with E-state index in [1.54, 1.807) is 0 Å². The van der Waals surface area contributed by atoms with Crippen molar-refractivity contribution in [3.63, 3.8) is 0 Å². The number of carbonyl (C=O) groups is 1. The summed E-state index contributed by atoms with van der Waals surface area (Å²) >= 11 is 1.50. The van der Waals surface area contributed by atoms with Gasteiger partial charge in [0.1, 0.15) is 0 Å². The fraction of sp³-hybridized carbons (Fsp3) is 0.583. The van der Waals surface area contributed by atoms with Crippen LogP contribution in [0.25, 0.3) is 0 Å². The lowest BCUT2D eigenvalue weighted by Gasteiger charge is -2.26. The molecule has 17 heavy (non-hydrogen) atoms. The van der Waals surface area contributed by atoms with Crippen molar-refractivity contribution in [2.45, 2.75) is 0 Å². The van der Waals surface area contributed by atoms with E-state index < -0.39 is 0 Å². The first kappa shape index (κ1) is 12.7. The van der Waals surface area contributed by atoms with Crippen LogP contribution < -0.4 is 5.32 Å². The highest BCUT2D eigenvalue weighted by atomic mass is 32.1. The standard InChI is InChI=1S/C12H18N2O2S/c15-11(12-2-1-9-17-12)10-13-3-4-14-5-7-16-8-6-14/h1-2,9,13H,3-8,10H2. The molecule has 0 saturated carbocycles. The summed E-state index contributed by atoms with van der Waals surface area (Å²) in [5.74, 6) is 0.182. The Bertz CT molecular complexity index is 334. The van der Waals surface area contributed by atoms with E-state index in [4.69, 9.17) is 4.74 Å². The monoisotopic (exact) mass is 254 g/mol. The molecule has 0 bridgehead atoms. The first-order chi connectivity index (χ1) is 8.36. The van der Waals surface area contributed by atoms with Gasteiger partial charge in [0, 0.05) is 26.2 Å². The molecule has 0 aromatic carbocycles. The maximum atomic E-state index is 11.7. The average molecular weight is 254 g/mol. The smallest absolute Gasteiger partial charge is 0.186 e. The lowest BCUT2D eigenvalue weighted by molar-refractivity contribution is 0.0384. The number of carbonyl (C=O) groups excluding carboxylic acids is 1. The first-order valence-corrected chi connectivity index (χ1v) is 6.82. The van der Waals surface area contributed by atoms with Crippen LogP contribution in [-0.2, 0) is 4.74 Å². The number of ketones is 1. The van der Waals surface area contributed by atoms with Gasteiger partial charge in [-0.25, -0.2) is 0 Å². The highest BCUT2D eigenvalue weighted by Gasteiger charge is 2.10. The largest absolute Gasteiger partial charge is 0.379 e. The van der Waals surface area contributed by atoms with E-state index in [0.29, 0.717) is 6.54 Å².